The number of hydrogen-bond donors (Lipinski definition) is 0. The molecule has 1 heterocycles. The largest absolute Gasteiger partial charge is 0.298 e. The van der Waals surface area contributed by atoms with Crippen LogP contribution in [0.5, 0.6) is 0 Å². The number of likely N-dealkylation sites (N-methyl/N-ethyl adjacent to an activating group) is 1. The van der Waals surface area contributed by atoms with Gasteiger partial charge in [-0.1, -0.05) is 30.3 Å². The van der Waals surface area contributed by atoms with E-state index < -0.39 is 0 Å². The molecule has 1 aromatic carbocycles. The number of hydrogen-bond acceptors (Lipinski definition) is 2. The van der Waals surface area contributed by atoms with Crippen molar-refractivity contribution in [3.05, 3.63) is 35.9 Å². The number of piperazine rings is 1. The number of nitrogens with zero attached hydrogens (tertiary/aromatic N) is 2. The SMILES string of the molecule is CN1CCN(Cc2ccccc2)C[C@@H]1CF. The molecule has 16 heavy (non-hydrogen) atoms. The number of benzene rings is 1. The van der Waals surface area contributed by atoms with Gasteiger partial charge in [0, 0.05) is 26.2 Å². The van der Waals surface area contributed by atoms with E-state index in [2.05, 4.69) is 34.1 Å². The van der Waals surface area contributed by atoms with Gasteiger partial charge in [0.1, 0.15) is 6.67 Å². The summed E-state index contributed by atoms with van der Waals surface area (Å²) in [6, 6.07) is 10.5. The van der Waals surface area contributed by atoms with E-state index in [1.54, 1.807) is 0 Å². The van der Waals surface area contributed by atoms with Gasteiger partial charge in [-0.15, -0.1) is 0 Å². The van der Waals surface area contributed by atoms with Crippen LogP contribution in [0.3, 0.4) is 0 Å². The first-order valence-electron chi connectivity index (χ1n) is 5.82. The zero-order valence-electron chi connectivity index (χ0n) is 9.77. The van der Waals surface area contributed by atoms with Crippen LogP contribution < -0.4 is 0 Å². The van der Waals surface area contributed by atoms with E-state index in [0.717, 1.165) is 26.2 Å². The second-order valence-corrected chi connectivity index (χ2v) is 4.51. The fraction of sp³-hybridized carbons (Fsp3) is 0.538. The van der Waals surface area contributed by atoms with Crippen molar-refractivity contribution in [2.45, 2.75) is 12.6 Å². The monoisotopic (exact) mass is 222 g/mol. The zero-order chi connectivity index (χ0) is 11.4. The summed E-state index contributed by atoms with van der Waals surface area (Å²) in [7, 11) is 2.00. The first kappa shape index (κ1) is 11.6. The molecule has 0 aliphatic carbocycles. The van der Waals surface area contributed by atoms with Gasteiger partial charge >= 0.3 is 0 Å². The first-order valence-corrected chi connectivity index (χ1v) is 5.82. The molecule has 0 unspecified atom stereocenters. The Balaban J connectivity index is 1.92. The first-order chi connectivity index (χ1) is 7.79. The summed E-state index contributed by atoms with van der Waals surface area (Å²) in [5.74, 6) is 0. The van der Waals surface area contributed by atoms with Crippen LogP contribution in [-0.2, 0) is 6.54 Å². The minimum atomic E-state index is -0.248. The van der Waals surface area contributed by atoms with Crippen molar-refractivity contribution < 1.29 is 4.39 Å². The van der Waals surface area contributed by atoms with E-state index >= 15 is 0 Å². The Morgan fingerprint density at radius 2 is 2.00 bits per heavy atom. The molecule has 0 N–H and O–H groups in total. The smallest absolute Gasteiger partial charge is 0.106 e. The van der Waals surface area contributed by atoms with Crippen LogP contribution in [0, 0.1) is 0 Å². The molecule has 1 atom stereocenters. The molecule has 0 amide bonds. The Hall–Kier alpha value is -0.930. The lowest BCUT2D eigenvalue weighted by molar-refractivity contribution is 0.0755. The molecule has 3 heteroatoms. The van der Waals surface area contributed by atoms with E-state index in [1.807, 2.05) is 13.1 Å². The summed E-state index contributed by atoms with van der Waals surface area (Å²) in [6.07, 6.45) is 0. The van der Waals surface area contributed by atoms with E-state index in [0.29, 0.717) is 0 Å². The van der Waals surface area contributed by atoms with Gasteiger partial charge < -0.3 is 0 Å². The highest BCUT2D eigenvalue weighted by molar-refractivity contribution is 5.14. The Morgan fingerprint density at radius 3 is 2.69 bits per heavy atom. The lowest BCUT2D eigenvalue weighted by Gasteiger charge is -2.38. The van der Waals surface area contributed by atoms with Crippen LogP contribution in [0.25, 0.3) is 0 Å². The Morgan fingerprint density at radius 1 is 1.25 bits per heavy atom. The van der Waals surface area contributed by atoms with E-state index in [9.17, 15) is 4.39 Å². The van der Waals surface area contributed by atoms with Crippen LogP contribution in [0.15, 0.2) is 30.3 Å². The third-order valence-electron chi connectivity index (χ3n) is 3.29. The molecule has 1 aliphatic heterocycles. The maximum atomic E-state index is 12.8. The van der Waals surface area contributed by atoms with Gasteiger partial charge in [-0.2, -0.15) is 0 Å². The Bertz CT molecular complexity index is 315. The third-order valence-corrected chi connectivity index (χ3v) is 3.29. The van der Waals surface area contributed by atoms with Gasteiger partial charge in [-0.05, 0) is 12.6 Å². The molecule has 88 valence electrons. The lowest BCUT2D eigenvalue weighted by Crippen LogP contribution is -2.51. The van der Waals surface area contributed by atoms with Gasteiger partial charge in [0.05, 0.1) is 6.04 Å². The third kappa shape index (κ3) is 2.80. The molecule has 0 aromatic heterocycles. The molecular formula is C13H19FN2. The maximum Gasteiger partial charge on any atom is 0.106 e. The second kappa shape index (κ2) is 5.41. The van der Waals surface area contributed by atoms with Crippen LogP contribution in [0.4, 0.5) is 4.39 Å². The highest BCUT2D eigenvalue weighted by Gasteiger charge is 2.23. The summed E-state index contributed by atoms with van der Waals surface area (Å²) < 4.78 is 12.8. The molecule has 2 nitrogen and oxygen atoms in total. The van der Waals surface area contributed by atoms with Gasteiger partial charge in [-0.25, -0.2) is 4.39 Å². The maximum absolute atomic E-state index is 12.8. The van der Waals surface area contributed by atoms with Crippen molar-refractivity contribution in [2.75, 3.05) is 33.4 Å². The van der Waals surface area contributed by atoms with Crippen molar-refractivity contribution in [1.82, 2.24) is 9.80 Å². The van der Waals surface area contributed by atoms with Crippen LogP contribution in [0.1, 0.15) is 5.56 Å². The molecule has 0 spiro atoms. The molecule has 2 rings (SSSR count). The molecule has 1 saturated heterocycles. The quantitative estimate of drug-likeness (QED) is 0.769. The number of alkyl halides is 1. The second-order valence-electron chi connectivity index (χ2n) is 4.51. The molecule has 0 bridgehead atoms. The minimum Gasteiger partial charge on any atom is -0.298 e. The van der Waals surface area contributed by atoms with Crippen molar-refractivity contribution in [3.63, 3.8) is 0 Å². The minimum absolute atomic E-state index is 0.0671. The summed E-state index contributed by atoms with van der Waals surface area (Å²) in [6.45, 7) is 3.51. The predicted molar refractivity (Wildman–Crippen MR) is 64.1 cm³/mol. The van der Waals surface area contributed by atoms with Crippen molar-refractivity contribution in [3.8, 4) is 0 Å². The van der Waals surface area contributed by atoms with E-state index in [1.165, 1.54) is 5.56 Å². The van der Waals surface area contributed by atoms with Gasteiger partial charge in [-0.3, -0.25) is 9.80 Å². The standard InChI is InChI=1S/C13H19FN2/c1-15-7-8-16(11-13(15)9-14)10-12-5-3-2-4-6-12/h2-6,13H,7-11H2,1H3/t13-/m0/s1. The van der Waals surface area contributed by atoms with E-state index in [-0.39, 0.29) is 12.7 Å². The van der Waals surface area contributed by atoms with Crippen molar-refractivity contribution in [1.29, 1.82) is 0 Å². The number of rotatable bonds is 3. The van der Waals surface area contributed by atoms with Gasteiger partial charge in [0.25, 0.3) is 0 Å². The summed E-state index contributed by atoms with van der Waals surface area (Å²) in [5, 5.41) is 0. The molecule has 0 radical (unpaired) electrons. The normalized spacial score (nSPS) is 23.5. The van der Waals surface area contributed by atoms with Crippen LogP contribution in [0.2, 0.25) is 0 Å². The highest BCUT2D eigenvalue weighted by atomic mass is 19.1. The Kier molecular flexibility index (Phi) is 3.91. The summed E-state index contributed by atoms with van der Waals surface area (Å²) >= 11 is 0. The highest BCUT2D eigenvalue weighted by Crippen LogP contribution is 2.12. The van der Waals surface area contributed by atoms with Crippen molar-refractivity contribution in [2.24, 2.45) is 0 Å². The summed E-state index contributed by atoms with van der Waals surface area (Å²) in [5.41, 5.74) is 1.31. The Labute approximate surface area is 96.7 Å². The lowest BCUT2D eigenvalue weighted by atomic mass is 10.1. The average Bonchev–Trinajstić information content (AvgIpc) is 2.33. The van der Waals surface area contributed by atoms with Crippen LogP contribution >= 0.6 is 0 Å². The number of halogens is 1. The predicted octanol–water partition coefficient (Wildman–Crippen LogP) is 1.77. The van der Waals surface area contributed by atoms with Gasteiger partial charge in [0.2, 0.25) is 0 Å². The molecular weight excluding hydrogens is 203 g/mol. The molecule has 1 fully saturated rings. The zero-order valence-corrected chi connectivity index (χ0v) is 9.77. The van der Waals surface area contributed by atoms with E-state index in [4.69, 9.17) is 0 Å². The molecule has 1 aliphatic rings. The van der Waals surface area contributed by atoms with Gasteiger partial charge in [0.15, 0.2) is 0 Å². The average molecular weight is 222 g/mol. The topological polar surface area (TPSA) is 6.48 Å². The molecule has 1 aromatic rings. The van der Waals surface area contributed by atoms with Crippen LogP contribution in [-0.4, -0.2) is 49.2 Å². The van der Waals surface area contributed by atoms with Crippen molar-refractivity contribution >= 4 is 0 Å². The summed E-state index contributed by atoms with van der Waals surface area (Å²) in [4.78, 5) is 4.45. The fourth-order valence-electron chi connectivity index (χ4n) is 2.16. The molecule has 0 saturated carbocycles. The fourth-order valence-corrected chi connectivity index (χ4v) is 2.16.